The van der Waals surface area contributed by atoms with Gasteiger partial charge in [-0.05, 0) is 18.2 Å². The molecule has 0 bridgehead atoms. The Labute approximate surface area is 98.3 Å². The van der Waals surface area contributed by atoms with Crippen LogP contribution in [0.25, 0.3) is 10.9 Å². The van der Waals surface area contributed by atoms with Crippen LogP contribution in [0.4, 0.5) is 5.69 Å². The van der Waals surface area contributed by atoms with Gasteiger partial charge in [0.05, 0.1) is 12.6 Å². The Kier molecular flexibility index (Phi) is 2.67. The van der Waals surface area contributed by atoms with E-state index in [0.29, 0.717) is 10.9 Å². The molecule has 2 N–H and O–H groups in total. The fraction of sp³-hybridized carbons (Fsp3) is 0.250. The minimum Gasteiger partial charge on any atom is -0.500 e. The number of anilines is 1. The second-order valence-corrected chi connectivity index (χ2v) is 3.73. The molecule has 90 valence electrons. The van der Waals surface area contributed by atoms with Gasteiger partial charge in [-0.1, -0.05) is 0 Å². The Morgan fingerprint density at radius 3 is 2.71 bits per heavy atom. The van der Waals surface area contributed by atoms with Crippen LogP contribution in [0.15, 0.2) is 23.0 Å². The predicted molar refractivity (Wildman–Crippen MR) is 67.0 cm³/mol. The van der Waals surface area contributed by atoms with Crippen LogP contribution in [0.5, 0.6) is 11.5 Å². The number of pyridine rings is 1. The van der Waals surface area contributed by atoms with Gasteiger partial charge in [-0.2, -0.15) is 0 Å². The molecule has 5 heteroatoms. The zero-order valence-electron chi connectivity index (χ0n) is 9.94. The van der Waals surface area contributed by atoms with Crippen molar-refractivity contribution in [3.63, 3.8) is 0 Å². The molecule has 0 aliphatic carbocycles. The van der Waals surface area contributed by atoms with E-state index < -0.39 is 5.56 Å². The second kappa shape index (κ2) is 4.01. The van der Waals surface area contributed by atoms with Gasteiger partial charge >= 0.3 is 0 Å². The fourth-order valence-electron chi connectivity index (χ4n) is 1.86. The van der Waals surface area contributed by atoms with E-state index in [0.717, 1.165) is 5.69 Å². The Bertz CT molecular complexity index is 632. The Morgan fingerprint density at radius 2 is 2.12 bits per heavy atom. The first-order chi connectivity index (χ1) is 8.10. The first-order valence-corrected chi connectivity index (χ1v) is 5.17. The summed E-state index contributed by atoms with van der Waals surface area (Å²) in [4.78, 5) is 11.8. The van der Waals surface area contributed by atoms with Crippen LogP contribution in [0.2, 0.25) is 0 Å². The van der Waals surface area contributed by atoms with E-state index >= 15 is 0 Å². The molecule has 0 amide bonds. The largest absolute Gasteiger partial charge is 0.500 e. The van der Waals surface area contributed by atoms with Crippen molar-refractivity contribution in [1.29, 1.82) is 0 Å². The molecule has 0 aliphatic heterocycles. The van der Waals surface area contributed by atoms with E-state index in [1.165, 1.54) is 11.7 Å². The Hall–Kier alpha value is -2.17. The highest BCUT2D eigenvalue weighted by Gasteiger charge is 2.14. The van der Waals surface area contributed by atoms with Crippen molar-refractivity contribution in [1.82, 2.24) is 4.57 Å². The predicted octanol–water partition coefficient (Wildman–Crippen LogP) is 1.29. The first kappa shape index (κ1) is 11.3. The Morgan fingerprint density at radius 1 is 1.41 bits per heavy atom. The molecule has 0 aliphatic rings. The summed E-state index contributed by atoms with van der Waals surface area (Å²) in [6, 6.07) is 5.49. The summed E-state index contributed by atoms with van der Waals surface area (Å²) in [5.74, 6) is -0.148. The summed E-state index contributed by atoms with van der Waals surface area (Å²) in [6.45, 7) is 0. The molecule has 0 saturated carbocycles. The molecule has 0 radical (unpaired) electrons. The quantitative estimate of drug-likeness (QED) is 0.822. The van der Waals surface area contributed by atoms with Crippen molar-refractivity contribution in [2.45, 2.75) is 0 Å². The van der Waals surface area contributed by atoms with Crippen LogP contribution in [0.3, 0.4) is 0 Å². The van der Waals surface area contributed by atoms with Crippen LogP contribution in [0, 0.1) is 0 Å². The number of hydrogen-bond acceptors (Lipinski definition) is 4. The first-order valence-electron chi connectivity index (χ1n) is 5.17. The summed E-state index contributed by atoms with van der Waals surface area (Å²) in [7, 11) is 4.85. The molecular weight excluding hydrogens is 220 g/mol. The van der Waals surface area contributed by atoms with Gasteiger partial charge in [0.1, 0.15) is 0 Å². The molecule has 0 atom stereocenters. The number of fused-ring (bicyclic) bond motifs is 1. The average Bonchev–Trinajstić information content (AvgIpc) is 2.36. The molecular formula is C12H14N2O3. The van der Waals surface area contributed by atoms with Crippen LogP contribution in [-0.4, -0.2) is 23.8 Å². The molecule has 0 saturated heterocycles. The number of ether oxygens (including phenoxy) is 1. The number of hydrogen-bond donors (Lipinski definition) is 2. The van der Waals surface area contributed by atoms with E-state index in [1.807, 2.05) is 12.1 Å². The fourth-order valence-corrected chi connectivity index (χ4v) is 1.86. The maximum atomic E-state index is 11.8. The SMILES string of the molecule is CNc1ccc2c(OC)c(O)c(=O)n(C)c2c1. The third-order valence-corrected chi connectivity index (χ3v) is 2.82. The van der Waals surface area contributed by atoms with Crippen LogP contribution in [0.1, 0.15) is 0 Å². The zero-order chi connectivity index (χ0) is 12.6. The molecule has 1 aromatic heterocycles. The van der Waals surface area contributed by atoms with Gasteiger partial charge in [-0.15, -0.1) is 0 Å². The standard InChI is InChI=1S/C12H14N2O3/c1-13-7-4-5-8-9(6-7)14(2)12(16)10(15)11(8)17-3/h4-6,13,15H,1-3H3. The summed E-state index contributed by atoms with van der Waals surface area (Å²) in [5.41, 5.74) is 1.12. The van der Waals surface area contributed by atoms with Crippen molar-refractivity contribution in [3.05, 3.63) is 28.6 Å². The molecule has 1 heterocycles. The third kappa shape index (κ3) is 1.60. The number of nitrogens with one attached hydrogen (secondary N) is 1. The molecule has 1 aromatic carbocycles. The van der Waals surface area contributed by atoms with Crippen molar-refractivity contribution >= 4 is 16.6 Å². The molecule has 17 heavy (non-hydrogen) atoms. The normalized spacial score (nSPS) is 10.5. The number of aromatic hydroxyl groups is 1. The van der Waals surface area contributed by atoms with Crippen molar-refractivity contribution in [2.75, 3.05) is 19.5 Å². The van der Waals surface area contributed by atoms with Gasteiger partial charge in [0.25, 0.3) is 5.56 Å². The van der Waals surface area contributed by atoms with Crippen LogP contribution < -0.4 is 15.6 Å². The Balaban J connectivity index is 2.95. The zero-order valence-corrected chi connectivity index (χ0v) is 9.94. The topological polar surface area (TPSA) is 63.5 Å². The lowest BCUT2D eigenvalue weighted by Gasteiger charge is -2.12. The number of aryl methyl sites for hydroxylation is 1. The minimum atomic E-state index is -0.470. The molecule has 2 rings (SSSR count). The van der Waals surface area contributed by atoms with Gasteiger partial charge in [-0.3, -0.25) is 4.79 Å². The van der Waals surface area contributed by atoms with Crippen molar-refractivity contribution < 1.29 is 9.84 Å². The van der Waals surface area contributed by atoms with Gasteiger partial charge < -0.3 is 19.7 Å². The number of aromatic nitrogens is 1. The monoisotopic (exact) mass is 234 g/mol. The summed E-state index contributed by atoms with van der Waals surface area (Å²) < 4.78 is 6.48. The van der Waals surface area contributed by atoms with E-state index in [9.17, 15) is 9.90 Å². The lowest BCUT2D eigenvalue weighted by atomic mass is 10.1. The number of benzene rings is 1. The maximum absolute atomic E-state index is 11.8. The molecule has 0 spiro atoms. The highest BCUT2D eigenvalue weighted by molar-refractivity contribution is 5.90. The highest BCUT2D eigenvalue weighted by Crippen LogP contribution is 2.32. The third-order valence-electron chi connectivity index (χ3n) is 2.82. The van der Waals surface area contributed by atoms with Crippen molar-refractivity contribution in [3.8, 4) is 11.5 Å². The summed E-state index contributed by atoms with van der Waals surface area (Å²) in [6.07, 6.45) is 0. The van der Waals surface area contributed by atoms with Crippen LogP contribution >= 0.6 is 0 Å². The smallest absolute Gasteiger partial charge is 0.296 e. The maximum Gasteiger partial charge on any atom is 0.296 e. The van der Waals surface area contributed by atoms with E-state index in [4.69, 9.17) is 4.74 Å². The average molecular weight is 234 g/mol. The van der Waals surface area contributed by atoms with Gasteiger partial charge in [-0.25, -0.2) is 0 Å². The van der Waals surface area contributed by atoms with Gasteiger partial charge in [0.2, 0.25) is 5.75 Å². The summed E-state index contributed by atoms with van der Waals surface area (Å²) >= 11 is 0. The summed E-state index contributed by atoms with van der Waals surface area (Å²) in [5, 5.41) is 13.4. The second-order valence-electron chi connectivity index (χ2n) is 3.73. The van der Waals surface area contributed by atoms with E-state index in [-0.39, 0.29) is 11.5 Å². The van der Waals surface area contributed by atoms with E-state index in [1.54, 1.807) is 20.2 Å². The lowest BCUT2D eigenvalue weighted by molar-refractivity contribution is 0.372. The molecule has 0 fully saturated rings. The van der Waals surface area contributed by atoms with Gasteiger partial charge in [0, 0.05) is 25.2 Å². The van der Waals surface area contributed by atoms with Crippen molar-refractivity contribution in [2.24, 2.45) is 7.05 Å². The molecule has 5 nitrogen and oxygen atoms in total. The van der Waals surface area contributed by atoms with Crippen LogP contribution in [-0.2, 0) is 7.05 Å². The minimum absolute atomic E-state index is 0.214. The molecule has 0 unspecified atom stereocenters. The van der Waals surface area contributed by atoms with Gasteiger partial charge in [0.15, 0.2) is 5.75 Å². The highest BCUT2D eigenvalue weighted by atomic mass is 16.5. The number of methoxy groups -OCH3 is 1. The number of nitrogens with zero attached hydrogens (tertiary/aromatic N) is 1. The lowest BCUT2D eigenvalue weighted by Crippen LogP contribution is -2.17. The van der Waals surface area contributed by atoms with E-state index in [2.05, 4.69) is 5.32 Å². The molecule has 2 aromatic rings. The number of rotatable bonds is 2.